The lowest BCUT2D eigenvalue weighted by Crippen LogP contribution is -2.45. The van der Waals surface area contributed by atoms with Crippen LogP contribution in [0.1, 0.15) is 36.0 Å². The molecule has 2 rings (SSSR count). The Morgan fingerprint density at radius 2 is 1.57 bits per heavy atom. The monoisotopic (exact) mass is 382 g/mol. The number of hydrogen-bond donors (Lipinski definition) is 2. The Balaban J connectivity index is 1.78. The van der Waals surface area contributed by atoms with Crippen molar-refractivity contribution in [1.82, 2.24) is 10.9 Å². The van der Waals surface area contributed by atoms with Gasteiger partial charge in [0.05, 0.1) is 13.0 Å². The Labute approximate surface area is 143 Å². The molecule has 6 nitrogen and oxygen atoms in total. The molecule has 0 spiro atoms. The number of amides is 2. The second-order valence-corrected chi connectivity index (χ2v) is 6.44. The summed E-state index contributed by atoms with van der Waals surface area (Å²) in [6.45, 7) is 0. The number of methoxy groups -OCH3 is 1. The SMILES string of the molecule is COC(=O)C1CCC(C(=O)NNC(=O)c2ccc(Br)cc2)CC1. The van der Waals surface area contributed by atoms with Crippen LogP contribution in [0, 0.1) is 11.8 Å². The van der Waals surface area contributed by atoms with Crippen LogP contribution in [0.3, 0.4) is 0 Å². The van der Waals surface area contributed by atoms with E-state index >= 15 is 0 Å². The van der Waals surface area contributed by atoms with E-state index in [0.717, 1.165) is 4.47 Å². The fourth-order valence-electron chi connectivity index (χ4n) is 2.65. The van der Waals surface area contributed by atoms with Gasteiger partial charge in [0, 0.05) is 16.0 Å². The molecule has 2 amide bonds. The van der Waals surface area contributed by atoms with Crippen LogP contribution >= 0.6 is 15.9 Å². The van der Waals surface area contributed by atoms with Crippen LogP contribution in [0.15, 0.2) is 28.7 Å². The third-order valence-corrected chi connectivity index (χ3v) is 4.57. The minimum Gasteiger partial charge on any atom is -0.469 e. The zero-order valence-corrected chi connectivity index (χ0v) is 14.4. The molecule has 1 aromatic carbocycles. The number of hydrogen-bond acceptors (Lipinski definition) is 4. The summed E-state index contributed by atoms with van der Waals surface area (Å²) in [4.78, 5) is 35.5. The summed E-state index contributed by atoms with van der Waals surface area (Å²) >= 11 is 3.29. The Kier molecular flexibility index (Phi) is 6.15. The molecule has 0 aliphatic heterocycles. The predicted molar refractivity (Wildman–Crippen MR) is 87.2 cm³/mol. The van der Waals surface area contributed by atoms with Gasteiger partial charge in [-0.3, -0.25) is 25.2 Å². The number of benzene rings is 1. The molecule has 1 aromatic rings. The van der Waals surface area contributed by atoms with Gasteiger partial charge in [-0.25, -0.2) is 0 Å². The molecule has 0 saturated heterocycles. The van der Waals surface area contributed by atoms with Gasteiger partial charge < -0.3 is 4.74 Å². The zero-order valence-electron chi connectivity index (χ0n) is 12.8. The number of esters is 1. The van der Waals surface area contributed by atoms with E-state index in [4.69, 9.17) is 4.74 Å². The Bertz CT molecular complexity index is 580. The minimum atomic E-state index is -0.367. The van der Waals surface area contributed by atoms with Gasteiger partial charge in [-0.1, -0.05) is 15.9 Å². The van der Waals surface area contributed by atoms with Gasteiger partial charge in [0.15, 0.2) is 0 Å². The van der Waals surface area contributed by atoms with Crippen LogP contribution in [-0.4, -0.2) is 24.9 Å². The Hall–Kier alpha value is -1.89. The van der Waals surface area contributed by atoms with Gasteiger partial charge in [0.1, 0.15) is 0 Å². The molecule has 0 bridgehead atoms. The summed E-state index contributed by atoms with van der Waals surface area (Å²) in [5.41, 5.74) is 5.33. The van der Waals surface area contributed by atoms with E-state index in [0.29, 0.717) is 31.2 Å². The fraction of sp³-hybridized carbons (Fsp3) is 0.438. The highest BCUT2D eigenvalue weighted by atomic mass is 79.9. The lowest BCUT2D eigenvalue weighted by molar-refractivity contribution is -0.147. The third-order valence-electron chi connectivity index (χ3n) is 4.04. The standard InChI is InChI=1S/C16H19BrN2O4/c1-23-16(22)12-4-2-10(3-5-12)14(20)18-19-15(21)11-6-8-13(17)9-7-11/h6-10,12H,2-5H2,1H3,(H,18,20)(H,19,21). The van der Waals surface area contributed by atoms with Crippen LogP contribution in [0.25, 0.3) is 0 Å². The molecule has 7 heteroatoms. The first-order valence-corrected chi connectivity index (χ1v) is 8.24. The number of rotatable bonds is 3. The molecular weight excluding hydrogens is 364 g/mol. The normalized spacial score (nSPS) is 20.4. The number of carbonyl (C=O) groups excluding carboxylic acids is 3. The van der Waals surface area contributed by atoms with E-state index in [9.17, 15) is 14.4 Å². The molecule has 2 N–H and O–H groups in total. The highest BCUT2D eigenvalue weighted by molar-refractivity contribution is 9.10. The third kappa shape index (κ3) is 4.79. The average molecular weight is 383 g/mol. The summed E-state index contributed by atoms with van der Waals surface area (Å²) in [6.07, 6.45) is 2.48. The van der Waals surface area contributed by atoms with Gasteiger partial charge in [0.25, 0.3) is 5.91 Å². The maximum absolute atomic E-state index is 12.1. The molecule has 0 atom stereocenters. The van der Waals surface area contributed by atoms with Gasteiger partial charge in [-0.2, -0.15) is 0 Å². The first-order valence-electron chi connectivity index (χ1n) is 7.45. The van der Waals surface area contributed by atoms with Gasteiger partial charge in [0.2, 0.25) is 5.91 Å². The lowest BCUT2D eigenvalue weighted by atomic mass is 9.82. The topological polar surface area (TPSA) is 84.5 Å². The number of nitrogens with one attached hydrogen (secondary N) is 2. The smallest absolute Gasteiger partial charge is 0.308 e. The minimum absolute atomic E-state index is 0.124. The van der Waals surface area contributed by atoms with Crippen molar-refractivity contribution in [3.8, 4) is 0 Å². The Morgan fingerprint density at radius 1 is 1.00 bits per heavy atom. The molecule has 1 aliphatic carbocycles. The highest BCUT2D eigenvalue weighted by Crippen LogP contribution is 2.29. The quantitative estimate of drug-likeness (QED) is 0.619. The summed E-state index contributed by atoms with van der Waals surface area (Å²) in [5, 5.41) is 0. The second kappa shape index (κ2) is 8.10. The lowest BCUT2D eigenvalue weighted by Gasteiger charge is -2.26. The van der Waals surface area contributed by atoms with Crippen molar-refractivity contribution in [2.24, 2.45) is 11.8 Å². The summed E-state index contributed by atoms with van der Waals surface area (Å²) in [6, 6.07) is 6.83. The predicted octanol–water partition coefficient (Wildman–Crippen LogP) is 2.19. The van der Waals surface area contributed by atoms with E-state index in [2.05, 4.69) is 26.8 Å². The van der Waals surface area contributed by atoms with Crippen molar-refractivity contribution in [3.05, 3.63) is 34.3 Å². The van der Waals surface area contributed by atoms with E-state index < -0.39 is 0 Å². The molecule has 0 aromatic heterocycles. The number of hydrazine groups is 1. The fourth-order valence-corrected chi connectivity index (χ4v) is 2.92. The maximum atomic E-state index is 12.1. The number of carbonyl (C=O) groups is 3. The van der Waals surface area contributed by atoms with E-state index in [1.807, 2.05) is 0 Å². The maximum Gasteiger partial charge on any atom is 0.308 e. The molecule has 0 unspecified atom stereocenters. The Morgan fingerprint density at radius 3 is 2.13 bits per heavy atom. The van der Waals surface area contributed by atoms with Crippen molar-refractivity contribution in [2.45, 2.75) is 25.7 Å². The largest absolute Gasteiger partial charge is 0.469 e. The molecule has 0 radical (unpaired) electrons. The molecule has 1 fully saturated rings. The van der Waals surface area contributed by atoms with Crippen LogP contribution < -0.4 is 10.9 Å². The van der Waals surface area contributed by atoms with E-state index in [1.165, 1.54) is 7.11 Å². The van der Waals surface area contributed by atoms with Crippen molar-refractivity contribution in [2.75, 3.05) is 7.11 Å². The molecule has 124 valence electrons. The van der Waals surface area contributed by atoms with Crippen molar-refractivity contribution >= 4 is 33.7 Å². The summed E-state index contributed by atoms with van der Waals surface area (Å²) in [7, 11) is 1.37. The van der Waals surface area contributed by atoms with Gasteiger partial charge in [-0.05, 0) is 49.9 Å². The van der Waals surface area contributed by atoms with Crippen molar-refractivity contribution in [1.29, 1.82) is 0 Å². The van der Waals surface area contributed by atoms with Gasteiger partial charge in [-0.15, -0.1) is 0 Å². The van der Waals surface area contributed by atoms with Crippen LogP contribution in [0.2, 0.25) is 0 Å². The molecule has 1 saturated carbocycles. The number of ether oxygens (including phenoxy) is 1. The first-order chi connectivity index (χ1) is 11.0. The van der Waals surface area contributed by atoms with Crippen LogP contribution in [0.4, 0.5) is 0 Å². The number of halogens is 1. The van der Waals surface area contributed by atoms with Crippen molar-refractivity contribution in [3.63, 3.8) is 0 Å². The zero-order chi connectivity index (χ0) is 16.8. The molecular formula is C16H19BrN2O4. The molecule has 23 heavy (non-hydrogen) atoms. The summed E-state index contributed by atoms with van der Waals surface area (Å²) in [5.74, 6) is -1.12. The average Bonchev–Trinajstić information content (AvgIpc) is 2.59. The first kappa shape index (κ1) is 17.5. The molecule has 1 aliphatic rings. The van der Waals surface area contributed by atoms with Crippen molar-refractivity contribution < 1.29 is 19.1 Å². The van der Waals surface area contributed by atoms with Crippen LogP contribution in [-0.2, 0) is 14.3 Å². The van der Waals surface area contributed by atoms with E-state index in [-0.39, 0.29) is 29.6 Å². The van der Waals surface area contributed by atoms with Gasteiger partial charge >= 0.3 is 5.97 Å². The second-order valence-electron chi connectivity index (χ2n) is 5.52. The summed E-state index contributed by atoms with van der Waals surface area (Å²) < 4.78 is 5.60. The van der Waals surface area contributed by atoms with E-state index in [1.54, 1.807) is 24.3 Å². The highest BCUT2D eigenvalue weighted by Gasteiger charge is 2.30. The van der Waals surface area contributed by atoms with Crippen LogP contribution in [0.5, 0.6) is 0 Å². The molecule has 0 heterocycles.